The lowest BCUT2D eigenvalue weighted by Crippen LogP contribution is -2.44. The number of urea groups is 1. The Bertz CT molecular complexity index is 672. The van der Waals surface area contributed by atoms with Crippen LogP contribution < -0.4 is 16.0 Å². The van der Waals surface area contributed by atoms with Crippen LogP contribution in [0.3, 0.4) is 0 Å². The molecule has 2 rings (SSSR count). The van der Waals surface area contributed by atoms with E-state index in [1.54, 1.807) is 30.3 Å². The molecule has 0 aliphatic carbocycles. The Kier molecular flexibility index (Phi) is 5.88. The first kappa shape index (κ1) is 16.2. The van der Waals surface area contributed by atoms with E-state index in [0.29, 0.717) is 12.1 Å². The zero-order valence-electron chi connectivity index (χ0n) is 12.4. The topological polar surface area (TPSA) is 87.3 Å². The quantitative estimate of drug-likeness (QED) is 0.781. The number of carbonyl (C=O) groups excluding carboxylic acids is 3. The van der Waals surface area contributed by atoms with Crippen LogP contribution in [-0.4, -0.2) is 24.4 Å². The van der Waals surface area contributed by atoms with E-state index in [4.69, 9.17) is 0 Å². The Morgan fingerprint density at radius 2 is 1.39 bits per heavy atom. The highest BCUT2D eigenvalue weighted by Gasteiger charge is 2.10. The van der Waals surface area contributed by atoms with Crippen molar-refractivity contribution >= 4 is 17.8 Å². The fraction of sp³-hybridized carbons (Fsp3) is 0.118. The molecule has 0 fully saturated rings. The van der Waals surface area contributed by atoms with E-state index < -0.39 is 11.9 Å². The summed E-state index contributed by atoms with van der Waals surface area (Å²) in [5, 5.41) is 7.17. The van der Waals surface area contributed by atoms with Gasteiger partial charge in [0.05, 0.1) is 6.54 Å². The normalized spacial score (nSPS) is 9.74. The molecule has 0 radical (unpaired) electrons. The second-order valence-corrected chi connectivity index (χ2v) is 4.77. The third-order valence-corrected chi connectivity index (χ3v) is 2.99. The van der Waals surface area contributed by atoms with Gasteiger partial charge < -0.3 is 10.6 Å². The maximum absolute atomic E-state index is 11.8. The third kappa shape index (κ3) is 5.62. The summed E-state index contributed by atoms with van der Waals surface area (Å²) in [5.41, 5.74) is 1.38. The zero-order valence-corrected chi connectivity index (χ0v) is 12.4. The second kappa shape index (κ2) is 8.33. The van der Waals surface area contributed by atoms with Gasteiger partial charge in [0.15, 0.2) is 0 Å². The van der Waals surface area contributed by atoms with Gasteiger partial charge >= 0.3 is 6.03 Å². The molecular formula is C17H17N3O3. The van der Waals surface area contributed by atoms with E-state index >= 15 is 0 Å². The lowest BCUT2D eigenvalue weighted by Gasteiger charge is -2.08. The fourth-order valence-corrected chi connectivity index (χ4v) is 1.85. The third-order valence-electron chi connectivity index (χ3n) is 2.99. The average Bonchev–Trinajstić information content (AvgIpc) is 2.59. The highest BCUT2D eigenvalue weighted by molar-refractivity contribution is 5.99. The number of amides is 4. The van der Waals surface area contributed by atoms with Crippen LogP contribution in [0.2, 0.25) is 0 Å². The van der Waals surface area contributed by atoms with E-state index in [2.05, 4.69) is 16.0 Å². The van der Waals surface area contributed by atoms with Crippen molar-refractivity contribution in [3.63, 3.8) is 0 Å². The second-order valence-electron chi connectivity index (χ2n) is 4.77. The van der Waals surface area contributed by atoms with Gasteiger partial charge in [-0.25, -0.2) is 4.79 Å². The number of imide groups is 1. The molecule has 3 N–H and O–H groups in total. The van der Waals surface area contributed by atoms with Crippen LogP contribution in [0, 0.1) is 0 Å². The van der Waals surface area contributed by atoms with Crippen molar-refractivity contribution < 1.29 is 14.4 Å². The summed E-state index contributed by atoms with van der Waals surface area (Å²) in [6.45, 7) is 0.0445. The molecule has 0 aromatic heterocycles. The molecule has 118 valence electrons. The first-order valence-corrected chi connectivity index (χ1v) is 7.10. The molecule has 2 aromatic rings. The molecule has 0 bridgehead atoms. The van der Waals surface area contributed by atoms with Gasteiger partial charge in [-0.15, -0.1) is 0 Å². The maximum Gasteiger partial charge on any atom is 0.321 e. The molecule has 0 spiro atoms. The standard InChI is InChI=1S/C17H17N3O3/c21-15(12-18-16(22)14-9-5-2-6-10-14)20-17(23)19-11-13-7-3-1-4-8-13/h1-10H,11-12H2,(H,18,22)(H2,19,20,21,23). The highest BCUT2D eigenvalue weighted by Crippen LogP contribution is 1.98. The van der Waals surface area contributed by atoms with E-state index in [-0.39, 0.29) is 12.5 Å². The monoisotopic (exact) mass is 311 g/mol. The van der Waals surface area contributed by atoms with Gasteiger partial charge in [0.2, 0.25) is 5.91 Å². The van der Waals surface area contributed by atoms with Crippen molar-refractivity contribution in [2.45, 2.75) is 6.54 Å². The minimum Gasteiger partial charge on any atom is -0.343 e. The Balaban J connectivity index is 1.70. The smallest absolute Gasteiger partial charge is 0.321 e. The molecular weight excluding hydrogens is 294 g/mol. The molecule has 0 unspecified atom stereocenters. The number of hydrogen-bond acceptors (Lipinski definition) is 3. The summed E-state index contributed by atoms with van der Waals surface area (Å²) in [6.07, 6.45) is 0. The van der Waals surface area contributed by atoms with E-state index in [9.17, 15) is 14.4 Å². The lowest BCUT2D eigenvalue weighted by atomic mass is 10.2. The Labute approximate surface area is 133 Å². The van der Waals surface area contributed by atoms with Gasteiger partial charge in [-0.2, -0.15) is 0 Å². The Morgan fingerprint density at radius 1 is 0.783 bits per heavy atom. The van der Waals surface area contributed by atoms with Crippen LogP contribution >= 0.6 is 0 Å². The fourth-order valence-electron chi connectivity index (χ4n) is 1.85. The van der Waals surface area contributed by atoms with Crippen LogP contribution in [0.15, 0.2) is 60.7 Å². The van der Waals surface area contributed by atoms with Crippen LogP contribution in [0.4, 0.5) is 4.79 Å². The number of benzene rings is 2. The summed E-state index contributed by atoms with van der Waals surface area (Å²) in [4.78, 5) is 35.0. The summed E-state index contributed by atoms with van der Waals surface area (Å²) in [6, 6.07) is 17.2. The van der Waals surface area contributed by atoms with E-state index in [0.717, 1.165) is 5.56 Å². The molecule has 0 saturated carbocycles. The summed E-state index contributed by atoms with van der Waals surface area (Å²) in [7, 11) is 0. The first-order chi connectivity index (χ1) is 11.1. The van der Waals surface area contributed by atoms with Gasteiger partial charge in [-0.05, 0) is 17.7 Å². The van der Waals surface area contributed by atoms with Crippen LogP contribution in [0.5, 0.6) is 0 Å². The number of carbonyl (C=O) groups is 3. The van der Waals surface area contributed by atoms with Crippen LogP contribution in [0.1, 0.15) is 15.9 Å². The SMILES string of the molecule is O=C(CNC(=O)c1ccccc1)NC(=O)NCc1ccccc1. The highest BCUT2D eigenvalue weighted by atomic mass is 16.2. The zero-order chi connectivity index (χ0) is 16.5. The van der Waals surface area contributed by atoms with Crippen molar-refractivity contribution in [1.29, 1.82) is 0 Å². The number of rotatable bonds is 5. The van der Waals surface area contributed by atoms with Gasteiger partial charge in [0.25, 0.3) is 5.91 Å². The van der Waals surface area contributed by atoms with Gasteiger partial charge in [-0.1, -0.05) is 48.5 Å². The average molecular weight is 311 g/mol. The lowest BCUT2D eigenvalue weighted by molar-refractivity contribution is -0.119. The molecule has 0 heterocycles. The van der Waals surface area contributed by atoms with Crippen LogP contribution in [-0.2, 0) is 11.3 Å². The predicted octanol–water partition coefficient (Wildman–Crippen LogP) is 1.44. The van der Waals surface area contributed by atoms with Gasteiger partial charge in [-0.3, -0.25) is 14.9 Å². The molecule has 0 aliphatic rings. The van der Waals surface area contributed by atoms with Crippen molar-refractivity contribution in [1.82, 2.24) is 16.0 Å². The molecule has 0 saturated heterocycles. The largest absolute Gasteiger partial charge is 0.343 e. The van der Waals surface area contributed by atoms with Crippen molar-refractivity contribution in [2.24, 2.45) is 0 Å². The van der Waals surface area contributed by atoms with Gasteiger partial charge in [0.1, 0.15) is 0 Å². The Hall–Kier alpha value is -3.15. The first-order valence-electron chi connectivity index (χ1n) is 7.10. The van der Waals surface area contributed by atoms with Crippen molar-refractivity contribution in [2.75, 3.05) is 6.54 Å². The minimum atomic E-state index is -0.604. The molecule has 6 nitrogen and oxygen atoms in total. The summed E-state index contributed by atoms with van der Waals surface area (Å²) < 4.78 is 0. The molecule has 4 amide bonds. The van der Waals surface area contributed by atoms with Crippen molar-refractivity contribution in [3.8, 4) is 0 Å². The van der Waals surface area contributed by atoms with Crippen LogP contribution in [0.25, 0.3) is 0 Å². The van der Waals surface area contributed by atoms with Gasteiger partial charge in [0, 0.05) is 12.1 Å². The summed E-state index contributed by atoms with van der Waals surface area (Å²) in [5.74, 6) is -0.953. The number of hydrogen-bond donors (Lipinski definition) is 3. The van der Waals surface area contributed by atoms with Crippen molar-refractivity contribution in [3.05, 3.63) is 71.8 Å². The van der Waals surface area contributed by atoms with E-state index in [1.807, 2.05) is 30.3 Å². The molecule has 6 heteroatoms. The predicted molar refractivity (Wildman–Crippen MR) is 85.6 cm³/mol. The molecule has 23 heavy (non-hydrogen) atoms. The maximum atomic E-state index is 11.8. The Morgan fingerprint density at radius 3 is 2.04 bits per heavy atom. The minimum absolute atomic E-state index is 0.271. The number of nitrogens with one attached hydrogen (secondary N) is 3. The molecule has 2 aromatic carbocycles. The molecule has 0 atom stereocenters. The summed E-state index contributed by atoms with van der Waals surface area (Å²) >= 11 is 0. The molecule has 0 aliphatic heterocycles. The van der Waals surface area contributed by atoms with E-state index in [1.165, 1.54) is 0 Å².